The van der Waals surface area contributed by atoms with Gasteiger partial charge in [-0.05, 0) is 19.3 Å². The minimum Gasteiger partial charge on any atom is -0.345 e. The second-order valence-corrected chi connectivity index (χ2v) is 8.36. The SMILES string of the molecule is CCc1nsc(N2CCCN(S(=O)(=O)N3CCCC3)CC2)n1. The van der Waals surface area contributed by atoms with Crippen LogP contribution in [0.15, 0.2) is 0 Å². The van der Waals surface area contributed by atoms with Crippen molar-refractivity contribution in [2.75, 3.05) is 44.2 Å². The fraction of sp³-hybridized carbons (Fsp3) is 0.846. The lowest BCUT2D eigenvalue weighted by Gasteiger charge is -2.26. The summed E-state index contributed by atoms with van der Waals surface area (Å²) in [7, 11) is -3.28. The highest BCUT2D eigenvalue weighted by Crippen LogP contribution is 2.22. The van der Waals surface area contributed by atoms with Crippen molar-refractivity contribution >= 4 is 26.9 Å². The second kappa shape index (κ2) is 6.77. The molecule has 1 aromatic heterocycles. The predicted octanol–water partition coefficient (Wildman–Crippen LogP) is 0.953. The van der Waals surface area contributed by atoms with E-state index >= 15 is 0 Å². The van der Waals surface area contributed by atoms with Crippen LogP contribution in [-0.2, 0) is 16.6 Å². The first-order chi connectivity index (χ1) is 10.6. The highest BCUT2D eigenvalue weighted by atomic mass is 32.2. The topological polar surface area (TPSA) is 69.6 Å². The van der Waals surface area contributed by atoms with Crippen LogP contribution < -0.4 is 4.90 Å². The molecule has 0 saturated carbocycles. The quantitative estimate of drug-likeness (QED) is 0.813. The molecule has 9 heteroatoms. The first kappa shape index (κ1) is 16.1. The number of anilines is 1. The van der Waals surface area contributed by atoms with Crippen molar-refractivity contribution < 1.29 is 8.42 Å². The average molecular weight is 345 g/mol. The Morgan fingerprint density at radius 2 is 1.68 bits per heavy atom. The predicted molar refractivity (Wildman–Crippen MR) is 87.4 cm³/mol. The van der Waals surface area contributed by atoms with Crippen LogP contribution in [0, 0.1) is 0 Å². The third kappa shape index (κ3) is 3.27. The Morgan fingerprint density at radius 1 is 1.00 bits per heavy atom. The van der Waals surface area contributed by atoms with Gasteiger partial charge in [-0.1, -0.05) is 6.92 Å². The molecule has 0 aromatic carbocycles. The number of nitrogens with zero attached hydrogens (tertiary/aromatic N) is 5. The third-order valence-electron chi connectivity index (χ3n) is 4.22. The van der Waals surface area contributed by atoms with E-state index < -0.39 is 10.2 Å². The maximum absolute atomic E-state index is 12.6. The number of hydrogen-bond donors (Lipinski definition) is 0. The van der Waals surface area contributed by atoms with Crippen LogP contribution in [0.4, 0.5) is 5.13 Å². The first-order valence-corrected chi connectivity index (χ1v) is 10.1. The van der Waals surface area contributed by atoms with E-state index in [0.717, 1.165) is 43.2 Å². The van der Waals surface area contributed by atoms with E-state index in [4.69, 9.17) is 0 Å². The summed E-state index contributed by atoms with van der Waals surface area (Å²) in [6, 6.07) is 0. The van der Waals surface area contributed by atoms with E-state index in [0.29, 0.717) is 32.7 Å². The van der Waals surface area contributed by atoms with Crippen molar-refractivity contribution in [3.63, 3.8) is 0 Å². The molecule has 3 rings (SSSR count). The summed E-state index contributed by atoms with van der Waals surface area (Å²) in [4.78, 5) is 6.68. The molecule has 1 aromatic rings. The van der Waals surface area contributed by atoms with E-state index in [1.807, 2.05) is 6.92 Å². The van der Waals surface area contributed by atoms with Gasteiger partial charge in [-0.3, -0.25) is 0 Å². The maximum atomic E-state index is 12.6. The summed E-state index contributed by atoms with van der Waals surface area (Å²) in [5, 5.41) is 0.914. The smallest absolute Gasteiger partial charge is 0.282 e. The van der Waals surface area contributed by atoms with E-state index in [1.165, 1.54) is 11.5 Å². The molecular formula is C13H23N5O2S2. The van der Waals surface area contributed by atoms with Crippen molar-refractivity contribution in [2.45, 2.75) is 32.6 Å². The second-order valence-electron chi connectivity index (χ2n) is 5.70. The number of aromatic nitrogens is 2. The van der Waals surface area contributed by atoms with E-state index in [1.54, 1.807) is 8.61 Å². The van der Waals surface area contributed by atoms with Gasteiger partial charge in [0, 0.05) is 57.2 Å². The van der Waals surface area contributed by atoms with Crippen LogP contribution in [0.3, 0.4) is 0 Å². The normalized spacial score (nSPS) is 22.1. The standard InChI is InChI=1S/C13H23N5O2S2/c1-2-12-14-13(21-15-12)16-6-5-9-18(11-10-16)22(19,20)17-7-3-4-8-17/h2-11H2,1H3. The van der Waals surface area contributed by atoms with Gasteiger partial charge < -0.3 is 4.90 Å². The highest BCUT2D eigenvalue weighted by Gasteiger charge is 2.33. The average Bonchev–Trinajstić information content (AvgIpc) is 3.15. The van der Waals surface area contributed by atoms with Crippen LogP contribution in [0.2, 0.25) is 0 Å². The summed E-state index contributed by atoms with van der Waals surface area (Å²) in [5.41, 5.74) is 0. The van der Waals surface area contributed by atoms with Crippen molar-refractivity contribution in [3.05, 3.63) is 5.82 Å². The Kier molecular flexibility index (Phi) is 4.96. The Balaban J connectivity index is 1.66. The Hall–Kier alpha value is -0.770. The van der Waals surface area contributed by atoms with Gasteiger partial charge in [-0.25, -0.2) is 4.98 Å². The van der Waals surface area contributed by atoms with Gasteiger partial charge in [0.1, 0.15) is 5.82 Å². The Bertz CT molecular complexity index is 597. The van der Waals surface area contributed by atoms with Crippen LogP contribution >= 0.6 is 11.5 Å². The zero-order valence-corrected chi connectivity index (χ0v) is 14.6. The minimum absolute atomic E-state index is 0.528. The van der Waals surface area contributed by atoms with Crippen molar-refractivity contribution in [2.24, 2.45) is 0 Å². The molecule has 2 aliphatic heterocycles. The summed E-state index contributed by atoms with van der Waals surface area (Å²) in [6.07, 6.45) is 3.61. The molecule has 22 heavy (non-hydrogen) atoms. The molecule has 3 heterocycles. The third-order valence-corrected chi connectivity index (χ3v) is 7.07. The lowest BCUT2D eigenvalue weighted by atomic mass is 10.4. The molecule has 2 saturated heterocycles. The Morgan fingerprint density at radius 3 is 2.36 bits per heavy atom. The lowest BCUT2D eigenvalue weighted by molar-refractivity contribution is 0.373. The zero-order valence-electron chi connectivity index (χ0n) is 12.9. The number of hydrogen-bond acceptors (Lipinski definition) is 6. The molecule has 0 unspecified atom stereocenters. The van der Waals surface area contributed by atoms with Crippen LogP contribution in [0.5, 0.6) is 0 Å². The van der Waals surface area contributed by atoms with Crippen molar-refractivity contribution in [1.82, 2.24) is 18.0 Å². The lowest BCUT2D eigenvalue weighted by Crippen LogP contribution is -2.44. The van der Waals surface area contributed by atoms with Gasteiger partial charge in [0.25, 0.3) is 10.2 Å². The molecule has 0 spiro atoms. The van der Waals surface area contributed by atoms with Crippen LogP contribution in [0.1, 0.15) is 32.0 Å². The fourth-order valence-corrected chi connectivity index (χ4v) is 5.43. The molecule has 0 atom stereocenters. The molecule has 7 nitrogen and oxygen atoms in total. The minimum atomic E-state index is -3.28. The molecule has 0 radical (unpaired) electrons. The number of aryl methyl sites for hydroxylation is 1. The van der Waals surface area contributed by atoms with Gasteiger partial charge >= 0.3 is 0 Å². The molecule has 0 bridgehead atoms. The van der Waals surface area contributed by atoms with Gasteiger partial charge in [0.05, 0.1) is 0 Å². The van der Waals surface area contributed by atoms with Crippen molar-refractivity contribution in [3.8, 4) is 0 Å². The van der Waals surface area contributed by atoms with Crippen LogP contribution in [0.25, 0.3) is 0 Å². The van der Waals surface area contributed by atoms with Crippen LogP contribution in [-0.4, -0.2) is 65.7 Å². The van der Waals surface area contributed by atoms with Gasteiger partial charge in [-0.15, -0.1) is 0 Å². The molecule has 0 amide bonds. The summed E-state index contributed by atoms with van der Waals surface area (Å²) in [5.74, 6) is 0.866. The number of rotatable bonds is 4. The van der Waals surface area contributed by atoms with Gasteiger partial charge in [0.2, 0.25) is 5.13 Å². The maximum Gasteiger partial charge on any atom is 0.282 e. The molecule has 0 aliphatic carbocycles. The van der Waals surface area contributed by atoms with Gasteiger partial charge in [0.15, 0.2) is 0 Å². The Labute approximate surface area is 136 Å². The zero-order chi connectivity index (χ0) is 15.6. The van der Waals surface area contributed by atoms with E-state index in [2.05, 4.69) is 14.3 Å². The summed E-state index contributed by atoms with van der Waals surface area (Å²) in [6.45, 7) is 6.01. The molecule has 2 aliphatic rings. The molecule has 2 fully saturated rings. The highest BCUT2D eigenvalue weighted by molar-refractivity contribution is 7.86. The summed E-state index contributed by atoms with van der Waals surface area (Å²) >= 11 is 1.41. The van der Waals surface area contributed by atoms with Crippen molar-refractivity contribution in [1.29, 1.82) is 0 Å². The molecule has 124 valence electrons. The monoisotopic (exact) mass is 345 g/mol. The summed E-state index contributed by atoms with van der Waals surface area (Å²) < 4.78 is 32.9. The molecule has 0 N–H and O–H groups in total. The van der Waals surface area contributed by atoms with E-state index in [-0.39, 0.29) is 0 Å². The largest absolute Gasteiger partial charge is 0.345 e. The van der Waals surface area contributed by atoms with Gasteiger partial charge in [-0.2, -0.15) is 21.4 Å². The molecular weight excluding hydrogens is 322 g/mol. The fourth-order valence-electron chi connectivity index (χ4n) is 2.91. The first-order valence-electron chi connectivity index (χ1n) is 7.94. The van der Waals surface area contributed by atoms with E-state index in [9.17, 15) is 8.42 Å².